The summed E-state index contributed by atoms with van der Waals surface area (Å²) in [5, 5.41) is 8.06. The first-order chi connectivity index (χ1) is 13.7. The number of imide groups is 1. The van der Waals surface area contributed by atoms with E-state index in [0.29, 0.717) is 16.5 Å². The van der Waals surface area contributed by atoms with Crippen LogP contribution < -0.4 is 16.0 Å². The van der Waals surface area contributed by atoms with E-state index in [1.165, 1.54) is 0 Å². The molecule has 3 N–H and O–H groups in total. The molecule has 2 aliphatic rings. The molecule has 3 rings (SSSR count). The highest BCUT2D eigenvalue weighted by molar-refractivity contribution is 8.18. The quantitative estimate of drug-likeness (QED) is 0.637. The van der Waals surface area contributed by atoms with Gasteiger partial charge in [0.25, 0.3) is 11.1 Å². The summed E-state index contributed by atoms with van der Waals surface area (Å²) in [6.07, 6.45) is 6.18. The van der Waals surface area contributed by atoms with Crippen LogP contribution in [-0.4, -0.2) is 44.9 Å². The first kappa shape index (κ1) is 21.1. The highest BCUT2D eigenvalue weighted by atomic mass is 32.2. The fourth-order valence-corrected chi connectivity index (χ4v) is 3.78. The monoisotopic (exact) mass is 419 g/mol. The maximum absolute atomic E-state index is 11.9. The SMILES string of the molecule is CC(C)(C)OC(=O)N[C@H]1CC[C@H](Nc2nccc(/C=C3\SC(=O)NC3=O)n2)CC1. The molecule has 1 aromatic heterocycles. The molecule has 0 radical (unpaired) electrons. The van der Waals surface area contributed by atoms with Crippen LogP contribution in [0.2, 0.25) is 0 Å². The Bertz CT molecular complexity index is 828. The van der Waals surface area contributed by atoms with Gasteiger partial charge in [0.1, 0.15) is 5.60 Å². The molecular weight excluding hydrogens is 394 g/mol. The molecule has 1 saturated heterocycles. The number of carbonyl (C=O) groups excluding carboxylic acids is 3. The molecule has 156 valence electrons. The number of thioether (sulfide) groups is 1. The van der Waals surface area contributed by atoms with Crippen molar-refractivity contribution in [2.24, 2.45) is 0 Å². The minimum atomic E-state index is -0.508. The maximum atomic E-state index is 11.9. The topological polar surface area (TPSA) is 122 Å². The number of nitrogens with one attached hydrogen (secondary N) is 3. The first-order valence-electron chi connectivity index (χ1n) is 9.52. The number of hydrogen-bond donors (Lipinski definition) is 3. The van der Waals surface area contributed by atoms with Gasteiger partial charge in [-0.05, 0) is 70.4 Å². The lowest BCUT2D eigenvalue weighted by molar-refractivity contribution is -0.115. The zero-order chi connectivity index (χ0) is 21.0. The van der Waals surface area contributed by atoms with Crippen molar-refractivity contribution in [2.75, 3.05) is 5.32 Å². The van der Waals surface area contributed by atoms with Gasteiger partial charge in [-0.3, -0.25) is 14.9 Å². The van der Waals surface area contributed by atoms with Crippen LogP contribution in [0, 0.1) is 0 Å². The maximum Gasteiger partial charge on any atom is 0.407 e. The smallest absolute Gasteiger partial charge is 0.407 e. The standard InChI is InChI=1S/C19H25N5O4S/c1-19(2,3)28-17(26)23-12-6-4-11(5-7-12)21-16-20-9-8-13(22-16)10-14-15(25)24-18(27)29-14/h8-12H,4-7H2,1-3H3,(H,23,26)(H,20,21,22)(H,24,25,27)/b14-10-/t11-,12-. The molecule has 1 saturated carbocycles. The molecule has 10 heteroatoms. The normalized spacial score (nSPS) is 23.6. The van der Waals surface area contributed by atoms with Crippen molar-refractivity contribution in [1.82, 2.24) is 20.6 Å². The summed E-state index contributed by atoms with van der Waals surface area (Å²) in [4.78, 5) is 43.8. The minimum Gasteiger partial charge on any atom is -0.444 e. The second kappa shape index (κ2) is 8.81. The van der Waals surface area contributed by atoms with Gasteiger partial charge in [0.05, 0.1) is 10.6 Å². The van der Waals surface area contributed by atoms with Gasteiger partial charge in [-0.1, -0.05) is 0 Å². The van der Waals surface area contributed by atoms with Crippen LogP contribution in [0.15, 0.2) is 17.2 Å². The van der Waals surface area contributed by atoms with E-state index in [2.05, 4.69) is 25.9 Å². The third-order valence-corrected chi connectivity index (χ3v) is 5.19. The fourth-order valence-electron chi connectivity index (χ4n) is 3.12. The first-order valence-corrected chi connectivity index (χ1v) is 10.3. The Morgan fingerprint density at radius 3 is 2.55 bits per heavy atom. The molecule has 0 bridgehead atoms. The van der Waals surface area contributed by atoms with E-state index >= 15 is 0 Å². The van der Waals surface area contributed by atoms with Gasteiger partial charge < -0.3 is 15.4 Å². The molecule has 0 atom stereocenters. The van der Waals surface area contributed by atoms with Crippen LogP contribution in [0.25, 0.3) is 6.08 Å². The van der Waals surface area contributed by atoms with E-state index in [1.54, 1.807) is 18.3 Å². The number of nitrogens with zero attached hydrogens (tertiary/aromatic N) is 2. The summed E-state index contributed by atoms with van der Waals surface area (Å²) >= 11 is 0.854. The zero-order valence-electron chi connectivity index (χ0n) is 16.7. The lowest BCUT2D eigenvalue weighted by Gasteiger charge is -2.30. The third-order valence-electron chi connectivity index (χ3n) is 4.38. The van der Waals surface area contributed by atoms with Crippen molar-refractivity contribution in [1.29, 1.82) is 0 Å². The molecule has 29 heavy (non-hydrogen) atoms. The van der Waals surface area contributed by atoms with Gasteiger partial charge in [-0.25, -0.2) is 14.8 Å². The van der Waals surface area contributed by atoms with E-state index < -0.39 is 11.5 Å². The predicted molar refractivity (Wildman–Crippen MR) is 110 cm³/mol. The lowest BCUT2D eigenvalue weighted by Crippen LogP contribution is -2.42. The summed E-state index contributed by atoms with van der Waals surface area (Å²) in [6.45, 7) is 5.52. The second-order valence-corrected chi connectivity index (χ2v) is 9.01. The van der Waals surface area contributed by atoms with Gasteiger partial charge in [0.15, 0.2) is 0 Å². The zero-order valence-corrected chi connectivity index (χ0v) is 17.5. The van der Waals surface area contributed by atoms with Crippen LogP contribution in [0.1, 0.15) is 52.1 Å². The van der Waals surface area contributed by atoms with Crippen LogP contribution in [-0.2, 0) is 9.53 Å². The fraction of sp³-hybridized carbons (Fsp3) is 0.526. The summed E-state index contributed by atoms with van der Waals surface area (Å²) in [6, 6.07) is 1.96. The highest BCUT2D eigenvalue weighted by Crippen LogP contribution is 2.25. The van der Waals surface area contributed by atoms with E-state index in [1.807, 2.05) is 20.8 Å². The number of anilines is 1. The van der Waals surface area contributed by atoms with Crippen LogP contribution in [0.5, 0.6) is 0 Å². The van der Waals surface area contributed by atoms with E-state index in [4.69, 9.17) is 4.74 Å². The van der Waals surface area contributed by atoms with E-state index in [0.717, 1.165) is 37.4 Å². The lowest BCUT2D eigenvalue weighted by atomic mass is 9.91. The highest BCUT2D eigenvalue weighted by Gasteiger charge is 2.26. The van der Waals surface area contributed by atoms with Gasteiger partial charge in [0, 0.05) is 18.3 Å². The van der Waals surface area contributed by atoms with Crippen LogP contribution >= 0.6 is 11.8 Å². The number of alkyl carbamates (subject to hydrolysis) is 1. The van der Waals surface area contributed by atoms with E-state index in [9.17, 15) is 14.4 Å². The molecule has 2 heterocycles. The third kappa shape index (κ3) is 6.45. The number of carbonyl (C=O) groups is 3. The molecule has 9 nitrogen and oxygen atoms in total. The van der Waals surface area contributed by atoms with Crippen LogP contribution in [0.4, 0.5) is 15.5 Å². The van der Waals surface area contributed by atoms with Gasteiger partial charge >= 0.3 is 6.09 Å². The molecule has 1 aliphatic carbocycles. The summed E-state index contributed by atoms with van der Waals surface area (Å²) in [5.41, 5.74) is 0.0426. The average Bonchev–Trinajstić information content (AvgIpc) is 2.92. The molecule has 1 aromatic rings. The molecule has 0 aromatic carbocycles. The number of aromatic nitrogens is 2. The summed E-state index contributed by atoms with van der Waals surface area (Å²) in [7, 11) is 0. The van der Waals surface area contributed by atoms with Gasteiger partial charge in [-0.15, -0.1) is 0 Å². The Morgan fingerprint density at radius 1 is 1.24 bits per heavy atom. The Kier molecular flexibility index (Phi) is 6.41. The molecule has 2 fully saturated rings. The number of hydrogen-bond acceptors (Lipinski definition) is 8. The average molecular weight is 420 g/mol. The second-order valence-electron chi connectivity index (χ2n) is 8.00. The number of amides is 3. The van der Waals surface area contributed by atoms with Crippen LogP contribution in [0.3, 0.4) is 0 Å². The number of rotatable bonds is 4. The van der Waals surface area contributed by atoms with Crippen molar-refractivity contribution in [3.05, 3.63) is 22.9 Å². The predicted octanol–water partition coefficient (Wildman–Crippen LogP) is 3.05. The van der Waals surface area contributed by atoms with Crippen molar-refractivity contribution < 1.29 is 19.1 Å². The molecule has 0 unspecified atom stereocenters. The van der Waals surface area contributed by atoms with Crippen molar-refractivity contribution in [2.45, 2.75) is 64.1 Å². The molecular formula is C19H25N5O4S. The molecule has 0 spiro atoms. The van der Waals surface area contributed by atoms with Gasteiger partial charge in [-0.2, -0.15) is 0 Å². The van der Waals surface area contributed by atoms with Crippen molar-refractivity contribution in [3.8, 4) is 0 Å². The Balaban J connectivity index is 1.51. The Labute approximate surface area is 173 Å². The van der Waals surface area contributed by atoms with Gasteiger partial charge in [0.2, 0.25) is 5.95 Å². The summed E-state index contributed by atoms with van der Waals surface area (Å²) in [5.74, 6) is 0.0570. The number of ether oxygens (including phenoxy) is 1. The van der Waals surface area contributed by atoms with E-state index in [-0.39, 0.29) is 23.4 Å². The molecule has 3 amide bonds. The van der Waals surface area contributed by atoms with Crippen molar-refractivity contribution >= 4 is 41.0 Å². The Hall–Kier alpha value is -2.62. The summed E-state index contributed by atoms with van der Waals surface area (Å²) < 4.78 is 5.30. The minimum absolute atomic E-state index is 0.0929. The Morgan fingerprint density at radius 2 is 1.93 bits per heavy atom. The molecule has 1 aliphatic heterocycles. The largest absolute Gasteiger partial charge is 0.444 e. The van der Waals surface area contributed by atoms with Crippen molar-refractivity contribution in [3.63, 3.8) is 0 Å².